The zero-order chi connectivity index (χ0) is 27.5. The molecular weight excluding hydrogens is 539 g/mol. The molecule has 3 aromatic carbocycles. The molecule has 20 heteroatoms. The third-order valence-corrected chi connectivity index (χ3v) is 4.96. The molecule has 0 bridgehead atoms. The van der Waals surface area contributed by atoms with Crippen LogP contribution in [0.3, 0.4) is 0 Å². The van der Waals surface area contributed by atoms with Crippen LogP contribution in [0.25, 0.3) is 0 Å². The molecular formula is C18H15N6O13P. The van der Waals surface area contributed by atoms with Gasteiger partial charge in [-0.1, -0.05) is 0 Å². The van der Waals surface area contributed by atoms with E-state index in [9.17, 15) is 34.9 Å². The maximum absolute atomic E-state index is 12.9. The highest BCUT2D eigenvalue weighted by atomic mass is 31.2. The van der Waals surface area contributed by atoms with Crippen molar-refractivity contribution in [2.24, 2.45) is 0 Å². The van der Waals surface area contributed by atoms with Gasteiger partial charge >= 0.3 is 7.82 Å². The van der Waals surface area contributed by atoms with Crippen LogP contribution < -0.4 is 31.4 Å². The lowest BCUT2D eigenvalue weighted by Crippen LogP contribution is -2.28. The summed E-state index contributed by atoms with van der Waals surface area (Å²) in [6.45, 7) is 0. The number of nitro groups is 3. The monoisotopic (exact) mass is 554 g/mol. The number of nitro benzene ring substituents is 3. The van der Waals surface area contributed by atoms with Gasteiger partial charge in [0.15, 0.2) is 17.2 Å². The van der Waals surface area contributed by atoms with Crippen LogP contribution in [0.5, 0.6) is 17.2 Å². The molecule has 0 spiro atoms. The highest BCUT2D eigenvalue weighted by Gasteiger charge is 2.31. The van der Waals surface area contributed by atoms with Gasteiger partial charge in [-0.3, -0.25) is 30.3 Å². The van der Waals surface area contributed by atoms with E-state index in [0.29, 0.717) is 0 Å². The fourth-order valence-electron chi connectivity index (χ4n) is 2.30. The lowest BCUT2D eigenvalue weighted by Gasteiger charge is -2.17. The molecule has 0 saturated heterocycles. The Morgan fingerprint density at radius 2 is 0.737 bits per heavy atom. The molecule has 0 aliphatic carbocycles. The molecule has 0 aliphatic heterocycles. The van der Waals surface area contributed by atoms with Crippen molar-refractivity contribution in [1.82, 2.24) is 16.9 Å². The zero-order valence-corrected chi connectivity index (χ0v) is 19.4. The van der Waals surface area contributed by atoms with Crippen molar-refractivity contribution in [3.8, 4) is 17.2 Å². The van der Waals surface area contributed by atoms with Gasteiger partial charge in [-0.2, -0.15) is 13.9 Å². The summed E-state index contributed by atoms with van der Waals surface area (Å²) < 4.78 is 27.0. The average molecular weight is 554 g/mol. The average Bonchev–Trinajstić information content (AvgIpc) is 2.89. The maximum atomic E-state index is 12.9. The molecule has 0 amide bonds. The van der Waals surface area contributed by atoms with E-state index < -0.39 is 22.6 Å². The first kappa shape index (κ1) is 27.8. The van der Waals surface area contributed by atoms with Crippen molar-refractivity contribution in [2.75, 3.05) is 0 Å². The van der Waals surface area contributed by atoms with Crippen LogP contribution in [0, 0.1) is 30.3 Å². The van der Waals surface area contributed by atoms with Crippen LogP contribution in [-0.2, 0) is 18.4 Å². The molecule has 19 nitrogen and oxygen atoms in total. The largest absolute Gasteiger partial charge is 0.532 e. The second-order valence-corrected chi connectivity index (χ2v) is 7.97. The molecule has 200 valence electrons. The summed E-state index contributed by atoms with van der Waals surface area (Å²) in [6.07, 6.45) is 0. The Kier molecular flexibility index (Phi) is 9.51. The first-order valence-electron chi connectivity index (χ1n) is 9.80. The second-order valence-electron chi connectivity index (χ2n) is 6.53. The number of phosphoric acid groups is 1. The highest BCUT2D eigenvalue weighted by Crippen LogP contribution is 2.46. The molecule has 0 saturated carbocycles. The Labute approximate surface area is 210 Å². The smallest absolute Gasteiger partial charge is 0.383 e. The molecule has 0 atom stereocenters. The number of nitrogens with zero attached hydrogens (tertiary/aromatic N) is 3. The Morgan fingerprint density at radius 1 is 0.500 bits per heavy atom. The topological polar surface area (TPSA) is 238 Å². The highest BCUT2D eigenvalue weighted by molar-refractivity contribution is 7.48. The van der Waals surface area contributed by atoms with E-state index >= 15 is 0 Å². The quantitative estimate of drug-likeness (QED) is 0.139. The van der Waals surface area contributed by atoms with Crippen molar-refractivity contribution in [3.05, 3.63) is 103 Å². The standard InChI is InChI=1S/C18H15N6O13P/c25-22(26)13-1-7-16(8-2-13)32-19-35-38(31,36-20-33-17-9-3-14(4-10-17)23(27)28)37-21-34-18-11-5-15(6-12-18)24(29)30/h1-12,19-21H. The molecule has 0 aromatic heterocycles. The number of nitrogens with one attached hydrogen (secondary N) is 3. The minimum Gasteiger partial charge on any atom is -0.383 e. The fourth-order valence-corrected chi connectivity index (χ4v) is 2.80. The van der Waals surface area contributed by atoms with Gasteiger partial charge in [-0.25, -0.2) is 4.57 Å². The molecule has 38 heavy (non-hydrogen) atoms. The molecule has 0 fully saturated rings. The van der Waals surface area contributed by atoms with E-state index in [2.05, 4.69) is 0 Å². The minimum atomic E-state index is -4.74. The van der Waals surface area contributed by atoms with Gasteiger partial charge in [-0.05, 0) is 53.3 Å². The van der Waals surface area contributed by atoms with Crippen LogP contribution >= 0.6 is 7.82 Å². The van der Waals surface area contributed by atoms with E-state index in [0.717, 1.165) is 36.4 Å². The van der Waals surface area contributed by atoms with Gasteiger partial charge in [0.1, 0.15) is 0 Å². The molecule has 0 radical (unpaired) electrons. The maximum Gasteiger partial charge on any atom is 0.532 e. The first-order chi connectivity index (χ1) is 18.1. The van der Waals surface area contributed by atoms with E-state index in [-0.39, 0.29) is 34.3 Å². The van der Waals surface area contributed by atoms with Gasteiger partial charge in [0.2, 0.25) is 0 Å². The molecule has 3 rings (SSSR count). The van der Waals surface area contributed by atoms with Crippen LogP contribution in [0.4, 0.5) is 17.1 Å². The summed E-state index contributed by atoms with van der Waals surface area (Å²) in [6, 6.07) is 14.0. The van der Waals surface area contributed by atoms with E-state index in [1.54, 1.807) is 16.9 Å². The molecule has 0 unspecified atom stereocenters. The lowest BCUT2D eigenvalue weighted by molar-refractivity contribution is -0.385. The van der Waals surface area contributed by atoms with Crippen molar-refractivity contribution < 1.29 is 47.7 Å². The molecule has 0 aliphatic rings. The van der Waals surface area contributed by atoms with Crippen LogP contribution in [0.2, 0.25) is 0 Å². The van der Waals surface area contributed by atoms with Crippen molar-refractivity contribution in [3.63, 3.8) is 0 Å². The van der Waals surface area contributed by atoms with E-state index in [1.807, 2.05) is 0 Å². The van der Waals surface area contributed by atoms with E-state index in [4.69, 9.17) is 28.4 Å². The third-order valence-electron chi connectivity index (χ3n) is 4.07. The zero-order valence-electron chi connectivity index (χ0n) is 18.5. The normalized spacial score (nSPS) is 10.9. The summed E-state index contributed by atoms with van der Waals surface area (Å²) in [4.78, 5) is 45.1. The predicted molar refractivity (Wildman–Crippen MR) is 121 cm³/mol. The van der Waals surface area contributed by atoms with Crippen molar-refractivity contribution in [2.45, 2.75) is 0 Å². The van der Waals surface area contributed by atoms with Gasteiger partial charge in [0.25, 0.3) is 17.1 Å². The number of hydrogen-bond donors (Lipinski definition) is 3. The van der Waals surface area contributed by atoms with Crippen molar-refractivity contribution in [1.29, 1.82) is 0 Å². The SMILES string of the molecule is O=[N+]([O-])c1ccc(ONOP(=O)(ONOc2ccc([N+](=O)[O-])cc2)ONOc2ccc([N+](=O)[O-])cc2)cc1. The van der Waals surface area contributed by atoms with Gasteiger partial charge in [0.05, 0.1) is 14.8 Å². The van der Waals surface area contributed by atoms with Crippen LogP contribution in [0.1, 0.15) is 0 Å². The second kappa shape index (κ2) is 13.0. The van der Waals surface area contributed by atoms with Gasteiger partial charge < -0.3 is 14.5 Å². The summed E-state index contributed by atoms with van der Waals surface area (Å²) >= 11 is 0. The third kappa shape index (κ3) is 8.43. The first-order valence-corrected chi connectivity index (χ1v) is 11.3. The number of rotatable bonds is 15. The Balaban J connectivity index is 1.58. The number of benzene rings is 3. The summed E-state index contributed by atoms with van der Waals surface area (Å²) in [7, 11) is -4.74. The van der Waals surface area contributed by atoms with Gasteiger partial charge in [0, 0.05) is 36.4 Å². The lowest BCUT2D eigenvalue weighted by atomic mass is 10.3. The Hall–Kier alpha value is -4.75. The summed E-state index contributed by atoms with van der Waals surface area (Å²) in [5, 5.41) is 32.1. The molecule has 0 heterocycles. The fraction of sp³-hybridized carbons (Fsp3) is 0. The summed E-state index contributed by atoms with van der Waals surface area (Å²) in [5.41, 5.74) is 4.78. The van der Waals surface area contributed by atoms with Crippen LogP contribution in [0.15, 0.2) is 72.8 Å². The van der Waals surface area contributed by atoms with Gasteiger partial charge in [-0.15, -0.1) is 0 Å². The number of non-ortho nitro benzene ring substituents is 3. The predicted octanol–water partition coefficient (Wildman–Crippen LogP) is 3.36. The summed E-state index contributed by atoms with van der Waals surface area (Å²) in [5.74, 6) is 0.0204. The van der Waals surface area contributed by atoms with E-state index in [1.165, 1.54) is 36.4 Å². The Morgan fingerprint density at radius 3 is 0.947 bits per heavy atom. The van der Waals surface area contributed by atoms with Crippen LogP contribution in [-0.4, -0.2) is 14.8 Å². The molecule has 3 aromatic rings. The molecule has 3 N–H and O–H groups in total. The van der Waals surface area contributed by atoms with Crippen molar-refractivity contribution >= 4 is 24.9 Å². The number of hydrogen-bond acceptors (Lipinski definition) is 16. The minimum absolute atomic E-state index is 0.00679. The Bertz CT molecular complexity index is 1150.